The first-order valence-electron chi connectivity index (χ1n) is 9.38. The second-order valence-corrected chi connectivity index (χ2v) is 8.56. The number of hydrogen-bond donors (Lipinski definition) is 2. The second kappa shape index (κ2) is 7.73. The zero-order chi connectivity index (χ0) is 20.6. The van der Waals surface area contributed by atoms with Crippen molar-refractivity contribution in [2.24, 2.45) is 0 Å². The molecule has 0 spiro atoms. The van der Waals surface area contributed by atoms with E-state index in [4.69, 9.17) is 21.4 Å². The molecule has 2 aromatic carbocycles. The lowest BCUT2D eigenvalue weighted by Gasteiger charge is -2.39. The fraction of sp³-hybridized carbons (Fsp3) is 0.261. The van der Waals surface area contributed by atoms with Gasteiger partial charge in [0.15, 0.2) is 11.2 Å². The third-order valence-electron chi connectivity index (χ3n) is 5.86. The number of nitrogens with zero attached hydrogens (tertiary/aromatic N) is 1. The fourth-order valence-corrected chi connectivity index (χ4v) is 5.16. The quantitative estimate of drug-likeness (QED) is 0.539. The average Bonchev–Trinajstić information content (AvgIpc) is 3.17. The van der Waals surface area contributed by atoms with E-state index in [0.717, 1.165) is 29.1 Å². The minimum absolute atomic E-state index is 0.00199. The summed E-state index contributed by atoms with van der Waals surface area (Å²) in [6.45, 7) is 0. The van der Waals surface area contributed by atoms with Crippen LogP contribution in [0.3, 0.4) is 0 Å². The minimum atomic E-state index is -1.21. The highest BCUT2D eigenvalue weighted by Gasteiger charge is 2.69. The molecule has 2 heterocycles. The van der Waals surface area contributed by atoms with Crippen molar-refractivity contribution in [2.45, 2.75) is 30.0 Å². The summed E-state index contributed by atoms with van der Waals surface area (Å²) >= 11 is 9.66. The highest BCUT2D eigenvalue weighted by Crippen LogP contribution is 2.66. The highest BCUT2D eigenvalue weighted by molar-refractivity contribution is 9.10. The van der Waals surface area contributed by atoms with E-state index in [-0.39, 0.29) is 5.92 Å². The molecular formula is C23H21BrClNO3. The fourth-order valence-electron chi connectivity index (χ4n) is 4.75. The molecule has 29 heavy (non-hydrogen) atoms. The number of benzene rings is 2. The maximum atomic E-state index is 11.9. The van der Waals surface area contributed by atoms with Crippen molar-refractivity contribution in [1.82, 2.24) is 4.98 Å². The molecular weight excluding hydrogens is 454 g/mol. The molecule has 0 radical (unpaired) electrons. The number of aliphatic hydroxyl groups excluding tert-OH is 1. The van der Waals surface area contributed by atoms with Crippen molar-refractivity contribution >= 4 is 27.5 Å². The van der Waals surface area contributed by atoms with Crippen molar-refractivity contribution in [3.05, 3.63) is 93.2 Å². The summed E-state index contributed by atoms with van der Waals surface area (Å²) < 4.78 is 7.57. The van der Waals surface area contributed by atoms with Gasteiger partial charge in [-0.1, -0.05) is 70.0 Å². The van der Waals surface area contributed by atoms with E-state index < -0.39 is 11.2 Å². The third kappa shape index (κ3) is 2.99. The van der Waals surface area contributed by atoms with Crippen molar-refractivity contribution in [3.63, 3.8) is 0 Å². The number of ether oxygens (including phenoxy) is 1. The van der Waals surface area contributed by atoms with Crippen LogP contribution in [0.5, 0.6) is 5.75 Å². The number of pyridine rings is 1. The molecule has 6 heteroatoms. The topological polar surface area (TPSA) is 62.6 Å². The van der Waals surface area contributed by atoms with Crippen LogP contribution in [0, 0.1) is 0 Å². The van der Waals surface area contributed by atoms with Crippen LogP contribution in [-0.4, -0.2) is 22.3 Å². The van der Waals surface area contributed by atoms with Crippen LogP contribution in [0.2, 0.25) is 5.02 Å². The van der Waals surface area contributed by atoms with E-state index in [1.165, 1.54) is 0 Å². The maximum Gasteiger partial charge on any atom is 0.175 e. The molecule has 2 aliphatic rings. The van der Waals surface area contributed by atoms with Gasteiger partial charge < -0.3 is 14.9 Å². The predicted molar refractivity (Wildman–Crippen MR) is 116 cm³/mol. The lowest BCUT2D eigenvalue weighted by molar-refractivity contribution is -0.107. The van der Waals surface area contributed by atoms with Crippen molar-refractivity contribution in [3.8, 4) is 5.75 Å². The van der Waals surface area contributed by atoms with Gasteiger partial charge in [-0.3, -0.25) is 4.98 Å². The standard InChI is InChI=1S/C22H17BrClNO2.CH4O/c23-16-8-6-15(7-9-16)22-18(14-4-2-1-3-5-14)10-11-21(22,26)20-19(27-22)12-17(24)13-25-20;1-2/h1-9,12-13,18,26H,10-11H2;2H,1H3. The third-order valence-corrected chi connectivity index (χ3v) is 6.59. The molecule has 0 amide bonds. The zero-order valence-corrected chi connectivity index (χ0v) is 18.2. The van der Waals surface area contributed by atoms with Crippen molar-refractivity contribution in [1.29, 1.82) is 0 Å². The summed E-state index contributed by atoms with van der Waals surface area (Å²) in [5, 5.41) is 19.4. The van der Waals surface area contributed by atoms with Gasteiger partial charge in [-0.15, -0.1) is 0 Å². The molecule has 1 aliphatic carbocycles. The van der Waals surface area contributed by atoms with Crippen LogP contribution < -0.4 is 4.74 Å². The van der Waals surface area contributed by atoms with E-state index in [9.17, 15) is 5.11 Å². The predicted octanol–water partition coefficient (Wildman–Crippen LogP) is 5.16. The Kier molecular flexibility index (Phi) is 5.42. The zero-order valence-electron chi connectivity index (χ0n) is 15.8. The Hall–Kier alpha value is -1.92. The molecule has 3 aromatic rings. The Balaban J connectivity index is 0.000000994. The number of aliphatic hydroxyl groups is 2. The molecule has 1 saturated carbocycles. The Bertz CT molecular complexity index is 1010. The van der Waals surface area contributed by atoms with Crippen molar-refractivity contribution in [2.75, 3.05) is 7.11 Å². The monoisotopic (exact) mass is 473 g/mol. The van der Waals surface area contributed by atoms with Crippen LogP contribution in [0.1, 0.15) is 35.6 Å². The highest BCUT2D eigenvalue weighted by atomic mass is 79.9. The summed E-state index contributed by atoms with van der Waals surface area (Å²) in [5.74, 6) is 0.561. The molecule has 0 saturated heterocycles. The minimum Gasteiger partial charge on any atom is -0.476 e. The molecule has 1 aromatic heterocycles. The van der Waals surface area contributed by atoms with Crippen LogP contribution in [0.15, 0.2) is 71.3 Å². The molecule has 0 bridgehead atoms. The van der Waals surface area contributed by atoms with E-state index >= 15 is 0 Å². The van der Waals surface area contributed by atoms with Gasteiger partial charge in [0.05, 0.1) is 5.02 Å². The molecule has 1 fully saturated rings. The molecule has 4 nitrogen and oxygen atoms in total. The van der Waals surface area contributed by atoms with Gasteiger partial charge in [-0.05, 0) is 36.1 Å². The van der Waals surface area contributed by atoms with Crippen LogP contribution in [0.4, 0.5) is 0 Å². The summed E-state index contributed by atoms with van der Waals surface area (Å²) in [6.07, 6.45) is 2.96. The lowest BCUT2D eigenvalue weighted by atomic mass is 9.73. The first-order chi connectivity index (χ1) is 14.0. The lowest BCUT2D eigenvalue weighted by Crippen LogP contribution is -2.48. The van der Waals surface area contributed by atoms with E-state index in [1.54, 1.807) is 12.3 Å². The van der Waals surface area contributed by atoms with Crippen LogP contribution in [-0.2, 0) is 11.2 Å². The molecule has 150 valence electrons. The van der Waals surface area contributed by atoms with Gasteiger partial charge in [0.1, 0.15) is 11.4 Å². The first-order valence-corrected chi connectivity index (χ1v) is 10.5. The van der Waals surface area contributed by atoms with Crippen LogP contribution in [0.25, 0.3) is 0 Å². The smallest absolute Gasteiger partial charge is 0.175 e. The summed E-state index contributed by atoms with van der Waals surface area (Å²) in [6, 6.07) is 20.0. The molecule has 1 aliphatic heterocycles. The average molecular weight is 475 g/mol. The normalized spacial score (nSPS) is 26.7. The Labute approximate surface area is 183 Å². The van der Waals surface area contributed by atoms with Crippen LogP contribution >= 0.6 is 27.5 Å². The maximum absolute atomic E-state index is 11.9. The Morgan fingerprint density at radius 1 is 1.10 bits per heavy atom. The number of halogens is 2. The van der Waals surface area contributed by atoms with Gasteiger partial charge in [0.25, 0.3) is 0 Å². The van der Waals surface area contributed by atoms with E-state index in [2.05, 4.69) is 33.0 Å². The van der Waals surface area contributed by atoms with Gasteiger partial charge in [-0.25, -0.2) is 0 Å². The van der Waals surface area contributed by atoms with Crippen molar-refractivity contribution < 1.29 is 14.9 Å². The SMILES string of the molecule is CO.OC12CCC(c3ccccc3)C1(c1ccc(Br)cc1)Oc1cc(Cl)cnc12. The van der Waals surface area contributed by atoms with E-state index in [0.29, 0.717) is 22.9 Å². The largest absolute Gasteiger partial charge is 0.476 e. The molecule has 3 unspecified atom stereocenters. The number of rotatable bonds is 2. The number of fused-ring (bicyclic) bond motifs is 3. The Morgan fingerprint density at radius 2 is 1.79 bits per heavy atom. The number of hydrogen-bond acceptors (Lipinski definition) is 4. The summed E-state index contributed by atoms with van der Waals surface area (Å²) in [5.41, 5.74) is 0.522. The van der Waals surface area contributed by atoms with Gasteiger partial charge in [-0.2, -0.15) is 0 Å². The number of aromatic nitrogens is 1. The molecule has 2 N–H and O–H groups in total. The van der Waals surface area contributed by atoms with Gasteiger partial charge >= 0.3 is 0 Å². The van der Waals surface area contributed by atoms with Gasteiger partial charge in [0.2, 0.25) is 0 Å². The summed E-state index contributed by atoms with van der Waals surface area (Å²) in [4.78, 5) is 4.47. The second-order valence-electron chi connectivity index (χ2n) is 7.21. The molecule has 3 atom stereocenters. The van der Waals surface area contributed by atoms with E-state index in [1.807, 2.05) is 42.5 Å². The Morgan fingerprint density at radius 3 is 2.48 bits per heavy atom. The summed E-state index contributed by atoms with van der Waals surface area (Å²) in [7, 11) is 1.00. The van der Waals surface area contributed by atoms with Gasteiger partial charge in [0, 0.05) is 29.8 Å². The first kappa shape index (κ1) is 20.4. The molecule has 5 rings (SSSR count).